The van der Waals surface area contributed by atoms with E-state index in [1.807, 2.05) is 36.4 Å². The lowest BCUT2D eigenvalue weighted by molar-refractivity contribution is -0.138. The van der Waals surface area contributed by atoms with E-state index in [1.165, 1.54) is 6.08 Å². The molecule has 0 radical (unpaired) electrons. The lowest BCUT2D eigenvalue weighted by Crippen LogP contribution is -2.28. The van der Waals surface area contributed by atoms with Crippen molar-refractivity contribution in [2.45, 2.75) is 0 Å². The average Bonchev–Trinajstić information content (AvgIpc) is 2.60. The zero-order chi connectivity index (χ0) is 16.5. The fraction of sp³-hybridized carbons (Fsp3) is 0.0526. The molecule has 23 heavy (non-hydrogen) atoms. The number of hydrogen-bond acceptors (Lipinski definition) is 3. The Labute approximate surface area is 135 Å². The number of esters is 1. The Kier molecular flexibility index (Phi) is 5.89. The van der Waals surface area contributed by atoms with E-state index >= 15 is 0 Å². The third-order valence-corrected chi connectivity index (χ3v) is 2.95. The highest BCUT2D eigenvalue weighted by Gasteiger charge is 2.15. The zero-order valence-electron chi connectivity index (χ0n) is 12.6. The van der Waals surface area contributed by atoms with Crippen molar-refractivity contribution in [3.8, 4) is 0 Å². The molecule has 2 rings (SSSR count). The third kappa shape index (κ3) is 4.97. The van der Waals surface area contributed by atoms with Gasteiger partial charge in [0.05, 0.1) is 0 Å². The zero-order valence-corrected chi connectivity index (χ0v) is 12.6. The Morgan fingerprint density at radius 1 is 1.00 bits per heavy atom. The van der Waals surface area contributed by atoms with Crippen molar-refractivity contribution < 1.29 is 14.3 Å². The van der Waals surface area contributed by atoms with Crippen LogP contribution in [0, 0.1) is 0 Å². The molecule has 0 saturated heterocycles. The van der Waals surface area contributed by atoms with Crippen LogP contribution in [0.25, 0.3) is 6.08 Å². The number of amides is 1. The van der Waals surface area contributed by atoms with Gasteiger partial charge >= 0.3 is 5.97 Å². The van der Waals surface area contributed by atoms with Gasteiger partial charge in [-0.2, -0.15) is 0 Å². The van der Waals surface area contributed by atoms with Crippen LogP contribution in [-0.2, 0) is 9.53 Å². The second-order valence-electron chi connectivity index (χ2n) is 4.68. The lowest BCUT2D eigenvalue weighted by atomic mass is 10.1. The van der Waals surface area contributed by atoms with Crippen molar-refractivity contribution in [1.82, 2.24) is 5.32 Å². The van der Waals surface area contributed by atoms with Crippen LogP contribution < -0.4 is 5.32 Å². The first kappa shape index (κ1) is 16.2. The molecule has 0 aliphatic carbocycles. The number of benzene rings is 2. The van der Waals surface area contributed by atoms with Gasteiger partial charge in [0.1, 0.15) is 12.3 Å². The molecule has 0 saturated carbocycles. The summed E-state index contributed by atoms with van der Waals surface area (Å²) in [5.74, 6) is -0.985. The van der Waals surface area contributed by atoms with E-state index in [9.17, 15) is 9.59 Å². The van der Waals surface area contributed by atoms with Crippen LogP contribution in [0.4, 0.5) is 0 Å². The van der Waals surface area contributed by atoms with Crippen molar-refractivity contribution in [2.24, 2.45) is 0 Å². The molecule has 4 nitrogen and oxygen atoms in total. The summed E-state index contributed by atoms with van der Waals surface area (Å²) in [4.78, 5) is 24.4. The van der Waals surface area contributed by atoms with Gasteiger partial charge in [-0.3, -0.25) is 4.79 Å². The molecule has 116 valence electrons. The standard InChI is InChI=1S/C19H17NO3/c1-2-13-23-19(22)17(14-15-9-5-3-6-10-15)20-18(21)16-11-7-4-8-12-16/h2-12,14H,1,13H2,(H,20,21)/b17-14+. The number of ether oxygens (including phenoxy) is 1. The minimum Gasteiger partial charge on any atom is -0.457 e. The Balaban J connectivity index is 2.23. The summed E-state index contributed by atoms with van der Waals surface area (Å²) in [5.41, 5.74) is 1.32. The smallest absolute Gasteiger partial charge is 0.355 e. The van der Waals surface area contributed by atoms with Gasteiger partial charge in [-0.05, 0) is 23.8 Å². The van der Waals surface area contributed by atoms with E-state index in [-0.39, 0.29) is 18.2 Å². The maximum atomic E-state index is 12.2. The first-order chi connectivity index (χ1) is 11.2. The minimum absolute atomic E-state index is 0.0756. The van der Waals surface area contributed by atoms with Gasteiger partial charge in [0.15, 0.2) is 0 Å². The largest absolute Gasteiger partial charge is 0.457 e. The van der Waals surface area contributed by atoms with E-state index in [0.29, 0.717) is 5.56 Å². The number of carbonyl (C=O) groups is 2. The van der Waals surface area contributed by atoms with E-state index < -0.39 is 5.97 Å². The Bertz CT molecular complexity index is 706. The number of carbonyl (C=O) groups excluding carboxylic acids is 2. The van der Waals surface area contributed by atoms with Crippen LogP contribution in [-0.4, -0.2) is 18.5 Å². The van der Waals surface area contributed by atoms with Gasteiger partial charge in [-0.25, -0.2) is 4.79 Å². The second kappa shape index (κ2) is 8.34. The SMILES string of the molecule is C=CCOC(=O)/C(=C\c1ccccc1)NC(=O)c1ccccc1. The van der Waals surface area contributed by atoms with Gasteiger partial charge in [0.2, 0.25) is 0 Å². The molecular weight excluding hydrogens is 290 g/mol. The van der Waals surface area contributed by atoms with Crippen LogP contribution in [0.15, 0.2) is 79.0 Å². The van der Waals surface area contributed by atoms with E-state index in [0.717, 1.165) is 5.56 Å². The molecule has 0 aliphatic rings. The summed E-state index contributed by atoms with van der Waals surface area (Å²) in [6, 6.07) is 17.9. The molecule has 0 aromatic heterocycles. The average molecular weight is 307 g/mol. The van der Waals surface area contributed by atoms with Crippen LogP contribution >= 0.6 is 0 Å². The fourth-order valence-electron chi connectivity index (χ4n) is 1.86. The molecule has 1 N–H and O–H groups in total. The summed E-state index contributed by atoms with van der Waals surface area (Å²) in [7, 11) is 0. The first-order valence-electron chi connectivity index (χ1n) is 7.12. The number of nitrogens with one attached hydrogen (secondary N) is 1. The Morgan fingerprint density at radius 2 is 1.61 bits per heavy atom. The summed E-state index contributed by atoms with van der Waals surface area (Å²) >= 11 is 0. The van der Waals surface area contributed by atoms with Gasteiger partial charge < -0.3 is 10.1 Å². The highest BCUT2D eigenvalue weighted by atomic mass is 16.5. The van der Waals surface area contributed by atoms with E-state index in [2.05, 4.69) is 11.9 Å². The molecule has 0 unspecified atom stereocenters. The maximum Gasteiger partial charge on any atom is 0.355 e. The quantitative estimate of drug-likeness (QED) is 0.506. The fourth-order valence-corrected chi connectivity index (χ4v) is 1.86. The van der Waals surface area contributed by atoms with Crippen LogP contribution in [0.1, 0.15) is 15.9 Å². The van der Waals surface area contributed by atoms with Crippen LogP contribution in [0.5, 0.6) is 0 Å². The van der Waals surface area contributed by atoms with Gasteiger partial charge in [0.25, 0.3) is 5.91 Å². The van der Waals surface area contributed by atoms with Crippen LogP contribution in [0.3, 0.4) is 0 Å². The van der Waals surface area contributed by atoms with Crippen molar-refractivity contribution in [3.63, 3.8) is 0 Å². The molecule has 0 aliphatic heterocycles. The summed E-state index contributed by atoms with van der Waals surface area (Å²) in [6.07, 6.45) is 3.04. The van der Waals surface area contributed by atoms with E-state index in [1.54, 1.807) is 30.3 Å². The molecule has 4 heteroatoms. The lowest BCUT2D eigenvalue weighted by Gasteiger charge is -2.09. The molecule has 0 heterocycles. The Morgan fingerprint density at radius 3 is 2.22 bits per heavy atom. The molecule has 0 spiro atoms. The van der Waals surface area contributed by atoms with E-state index in [4.69, 9.17) is 4.74 Å². The number of hydrogen-bond donors (Lipinski definition) is 1. The predicted molar refractivity (Wildman–Crippen MR) is 89.5 cm³/mol. The second-order valence-corrected chi connectivity index (χ2v) is 4.68. The maximum absolute atomic E-state index is 12.2. The van der Waals surface area contributed by atoms with Crippen molar-refractivity contribution in [2.75, 3.05) is 6.61 Å². The Hall–Kier alpha value is -3.14. The summed E-state index contributed by atoms with van der Waals surface area (Å²) in [5, 5.41) is 2.60. The number of rotatable bonds is 6. The summed E-state index contributed by atoms with van der Waals surface area (Å²) < 4.78 is 5.02. The molecule has 0 fully saturated rings. The first-order valence-corrected chi connectivity index (χ1v) is 7.12. The predicted octanol–water partition coefficient (Wildman–Crippen LogP) is 3.19. The molecule has 0 bridgehead atoms. The molecule has 0 atom stereocenters. The molecule has 2 aromatic rings. The highest BCUT2D eigenvalue weighted by molar-refractivity contribution is 6.03. The molecule has 1 amide bonds. The van der Waals surface area contributed by atoms with Crippen molar-refractivity contribution in [1.29, 1.82) is 0 Å². The summed E-state index contributed by atoms with van der Waals surface area (Å²) in [6.45, 7) is 3.58. The third-order valence-electron chi connectivity index (χ3n) is 2.95. The van der Waals surface area contributed by atoms with Crippen LogP contribution in [0.2, 0.25) is 0 Å². The molecular formula is C19H17NO3. The minimum atomic E-state index is -0.613. The monoisotopic (exact) mass is 307 g/mol. The van der Waals surface area contributed by atoms with Gasteiger partial charge in [0, 0.05) is 5.56 Å². The van der Waals surface area contributed by atoms with Crippen molar-refractivity contribution in [3.05, 3.63) is 90.1 Å². The van der Waals surface area contributed by atoms with Crippen molar-refractivity contribution >= 4 is 18.0 Å². The molecule has 2 aromatic carbocycles. The van der Waals surface area contributed by atoms with Gasteiger partial charge in [-0.1, -0.05) is 61.2 Å². The highest BCUT2D eigenvalue weighted by Crippen LogP contribution is 2.08. The normalized spacial score (nSPS) is 10.7. The van der Waals surface area contributed by atoms with Gasteiger partial charge in [-0.15, -0.1) is 0 Å². The topological polar surface area (TPSA) is 55.4 Å².